The zero-order valence-electron chi connectivity index (χ0n) is 11.7. The van der Waals surface area contributed by atoms with Crippen molar-refractivity contribution >= 4 is 16.9 Å². The Kier molecular flexibility index (Phi) is 3.57. The van der Waals surface area contributed by atoms with Gasteiger partial charge in [0, 0.05) is 12.2 Å². The van der Waals surface area contributed by atoms with Crippen LogP contribution in [-0.2, 0) is 17.2 Å². The summed E-state index contributed by atoms with van der Waals surface area (Å²) in [6, 6.07) is 7.64. The molecule has 1 unspecified atom stereocenters. The van der Waals surface area contributed by atoms with Crippen molar-refractivity contribution in [2.24, 2.45) is 0 Å². The second-order valence-corrected chi connectivity index (χ2v) is 6.66. The maximum atomic E-state index is 12.1. The molecule has 1 aliphatic rings. The molecule has 1 heterocycles. The average Bonchev–Trinajstić information content (AvgIpc) is 2.89. The molecule has 1 aromatic carbocycles. The fourth-order valence-electron chi connectivity index (χ4n) is 2.38. The SMILES string of the molecule is CCS(=O)c1ccccc1-c1nc2c(o1)CCC(C)=C2. The largest absolute Gasteiger partial charge is 0.440 e. The Balaban J connectivity index is 2.09. The van der Waals surface area contributed by atoms with Crippen molar-refractivity contribution in [2.45, 2.75) is 31.6 Å². The predicted molar refractivity (Wildman–Crippen MR) is 80.9 cm³/mol. The van der Waals surface area contributed by atoms with Gasteiger partial charge in [-0.25, -0.2) is 4.98 Å². The van der Waals surface area contributed by atoms with E-state index in [0.717, 1.165) is 34.8 Å². The Morgan fingerprint density at radius 3 is 2.90 bits per heavy atom. The van der Waals surface area contributed by atoms with Crippen LogP contribution in [0.5, 0.6) is 0 Å². The molecule has 3 rings (SSSR count). The molecule has 0 radical (unpaired) electrons. The summed E-state index contributed by atoms with van der Waals surface area (Å²) >= 11 is 0. The zero-order valence-corrected chi connectivity index (χ0v) is 12.5. The minimum absolute atomic E-state index is 0.582. The van der Waals surface area contributed by atoms with Gasteiger partial charge in [0.1, 0.15) is 11.5 Å². The highest BCUT2D eigenvalue weighted by atomic mass is 32.2. The summed E-state index contributed by atoms with van der Waals surface area (Å²) < 4.78 is 18.0. The van der Waals surface area contributed by atoms with Gasteiger partial charge in [0.25, 0.3) is 0 Å². The van der Waals surface area contributed by atoms with Gasteiger partial charge in [0.2, 0.25) is 5.89 Å². The van der Waals surface area contributed by atoms with Crippen LogP contribution < -0.4 is 0 Å². The Morgan fingerprint density at radius 1 is 1.30 bits per heavy atom. The van der Waals surface area contributed by atoms with Crippen LogP contribution in [0.15, 0.2) is 39.2 Å². The van der Waals surface area contributed by atoms with Gasteiger partial charge in [-0.05, 0) is 31.6 Å². The van der Waals surface area contributed by atoms with Crippen LogP contribution in [0.4, 0.5) is 0 Å². The number of hydrogen-bond acceptors (Lipinski definition) is 3. The highest BCUT2D eigenvalue weighted by Gasteiger charge is 2.19. The summed E-state index contributed by atoms with van der Waals surface area (Å²) in [4.78, 5) is 5.37. The molecule has 0 spiro atoms. The third kappa shape index (κ3) is 2.36. The summed E-state index contributed by atoms with van der Waals surface area (Å²) in [5.41, 5.74) is 3.08. The molecular weight excluding hydrogens is 270 g/mol. The van der Waals surface area contributed by atoms with Gasteiger partial charge in [-0.2, -0.15) is 0 Å². The van der Waals surface area contributed by atoms with E-state index in [0.29, 0.717) is 11.6 Å². The van der Waals surface area contributed by atoms with E-state index in [1.807, 2.05) is 31.2 Å². The van der Waals surface area contributed by atoms with Gasteiger partial charge in [-0.15, -0.1) is 0 Å². The molecule has 20 heavy (non-hydrogen) atoms. The molecule has 1 atom stereocenters. The van der Waals surface area contributed by atoms with E-state index in [1.165, 1.54) is 5.57 Å². The van der Waals surface area contributed by atoms with E-state index in [4.69, 9.17) is 4.42 Å². The lowest BCUT2D eigenvalue weighted by molar-refractivity contribution is 0.513. The Morgan fingerprint density at radius 2 is 2.10 bits per heavy atom. The number of aromatic nitrogens is 1. The van der Waals surface area contributed by atoms with Crippen LogP contribution in [0.3, 0.4) is 0 Å². The Labute approximate surface area is 121 Å². The molecule has 1 aliphatic carbocycles. The number of benzene rings is 1. The van der Waals surface area contributed by atoms with Crippen molar-refractivity contribution in [1.29, 1.82) is 0 Å². The second kappa shape index (κ2) is 5.37. The molecule has 1 aromatic heterocycles. The second-order valence-electron chi connectivity index (χ2n) is 4.95. The number of fused-ring (bicyclic) bond motifs is 1. The Bertz CT molecular complexity index is 700. The number of hydrogen-bond donors (Lipinski definition) is 0. The summed E-state index contributed by atoms with van der Waals surface area (Å²) in [5.74, 6) is 2.11. The van der Waals surface area contributed by atoms with E-state index in [9.17, 15) is 4.21 Å². The van der Waals surface area contributed by atoms with Crippen molar-refractivity contribution in [3.05, 3.63) is 41.3 Å². The number of allylic oxidation sites excluding steroid dienone is 1. The van der Waals surface area contributed by atoms with E-state index in [2.05, 4.69) is 18.0 Å². The normalized spacial score (nSPS) is 15.6. The van der Waals surface area contributed by atoms with E-state index in [1.54, 1.807) is 0 Å². The minimum Gasteiger partial charge on any atom is -0.440 e. The number of aryl methyl sites for hydroxylation is 1. The van der Waals surface area contributed by atoms with Crippen LogP contribution in [0, 0.1) is 0 Å². The van der Waals surface area contributed by atoms with Crippen LogP contribution >= 0.6 is 0 Å². The fourth-order valence-corrected chi connectivity index (χ4v) is 3.33. The monoisotopic (exact) mass is 287 g/mol. The fraction of sp³-hybridized carbons (Fsp3) is 0.312. The first-order valence-corrected chi connectivity index (χ1v) is 8.15. The zero-order chi connectivity index (χ0) is 14.1. The van der Waals surface area contributed by atoms with E-state index >= 15 is 0 Å². The van der Waals surface area contributed by atoms with Gasteiger partial charge in [-0.1, -0.05) is 24.6 Å². The van der Waals surface area contributed by atoms with Crippen molar-refractivity contribution < 1.29 is 8.63 Å². The molecular formula is C16H17NO2S. The third-order valence-electron chi connectivity index (χ3n) is 3.48. The van der Waals surface area contributed by atoms with Gasteiger partial charge in [-0.3, -0.25) is 4.21 Å². The predicted octanol–water partition coefficient (Wildman–Crippen LogP) is 3.82. The molecule has 0 saturated carbocycles. The third-order valence-corrected chi connectivity index (χ3v) is 4.85. The summed E-state index contributed by atoms with van der Waals surface area (Å²) in [6.45, 7) is 4.02. The molecule has 2 aromatic rings. The first kappa shape index (κ1) is 13.3. The van der Waals surface area contributed by atoms with Gasteiger partial charge < -0.3 is 4.42 Å². The van der Waals surface area contributed by atoms with Crippen molar-refractivity contribution in [3.8, 4) is 11.5 Å². The lowest BCUT2D eigenvalue weighted by Gasteiger charge is -2.05. The summed E-state index contributed by atoms with van der Waals surface area (Å²) in [6.07, 6.45) is 3.99. The maximum Gasteiger partial charge on any atom is 0.228 e. The topological polar surface area (TPSA) is 43.1 Å². The van der Waals surface area contributed by atoms with Crippen LogP contribution in [0.2, 0.25) is 0 Å². The molecule has 0 aliphatic heterocycles. The maximum absolute atomic E-state index is 12.1. The highest BCUT2D eigenvalue weighted by Crippen LogP contribution is 2.31. The first-order valence-electron chi connectivity index (χ1n) is 6.83. The van der Waals surface area contributed by atoms with E-state index < -0.39 is 10.8 Å². The number of rotatable bonds is 3. The van der Waals surface area contributed by atoms with Gasteiger partial charge in [0.05, 0.1) is 21.3 Å². The standard InChI is InChI=1S/C16H17NO2S/c1-3-20(18)15-7-5-4-6-12(15)16-17-13-10-11(2)8-9-14(13)19-16/h4-7,10H,3,8-9H2,1-2H3. The average molecular weight is 287 g/mol. The van der Waals surface area contributed by atoms with Crippen molar-refractivity contribution in [3.63, 3.8) is 0 Å². The lowest BCUT2D eigenvalue weighted by Crippen LogP contribution is -1.97. The molecule has 104 valence electrons. The number of oxazole rings is 1. The molecule has 0 bridgehead atoms. The minimum atomic E-state index is -1.01. The smallest absolute Gasteiger partial charge is 0.228 e. The van der Waals surface area contributed by atoms with Gasteiger partial charge >= 0.3 is 0 Å². The van der Waals surface area contributed by atoms with Crippen molar-refractivity contribution in [1.82, 2.24) is 4.98 Å². The molecule has 4 heteroatoms. The molecule has 3 nitrogen and oxygen atoms in total. The number of nitrogens with zero attached hydrogens (tertiary/aromatic N) is 1. The first-order chi connectivity index (χ1) is 9.69. The lowest BCUT2D eigenvalue weighted by atomic mass is 10.0. The summed E-state index contributed by atoms with van der Waals surface area (Å²) in [5, 5.41) is 0. The summed E-state index contributed by atoms with van der Waals surface area (Å²) in [7, 11) is -1.01. The van der Waals surface area contributed by atoms with Gasteiger partial charge in [0.15, 0.2) is 0 Å². The molecule has 0 saturated heterocycles. The molecule has 0 amide bonds. The van der Waals surface area contributed by atoms with Crippen LogP contribution in [-0.4, -0.2) is 14.9 Å². The van der Waals surface area contributed by atoms with Crippen LogP contribution in [0.1, 0.15) is 31.7 Å². The highest BCUT2D eigenvalue weighted by molar-refractivity contribution is 7.85. The van der Waals surface area contributed by atoms with E-state index in [-0.39, 0.29) is 0 Å². The Hall–Kier alpha value is -1.68. The molecule has 0 fully saturated rings. The van der Waals surface area contributed by atoms with Crippen molar-refractivity contribution in [2.75, 3.05) is 5.75 Å². The molecule has 0 N–H and O–H groups in total. The quantitative estimate of drug-likeness (QED) is 0.862. The van der Waals surface area contributed by atoms with Crippen LogP contribution in [0.25, 0.3) is 17.5 Å².